The fourth-order valence-corrected chi connectivity index (χ4v) is 1.06. The zero-order chi connectivity index (χ0) is 10.3. The Labute approximate surface area is 85.0 Å². The molecule has 0 spiro atoms. The van der Waals surface area contributed by atoms with E-state index < -0.39 is 0 Å². The Morgan fingerprint density at radius 3 is 2.46 bits per heavy atom. The van der Waals surface area contributed by atoms with Crippen LogP contribution >= 0.6 is 11.9 Å². The lowest BCUT2D eigenvalue weighted by atomic mass is 10.2. The van der Waals surface area contributed by atoms with Gasteiger partial charge in [0.05, 0.1) is 19.3 Å². The quantitative estimate of drug-likeness (QED) is 0.306. The molecular formula is C9H19NO2S. The van der Waals surface area contributed by atoms with Crippen molar-refractivity contribution in [3.63, 3.8) is 0 Å². The molecule has 0 rings (SSSR count). The van der Waals surface area contributed by atoms with E-state index >= 15 is 0 Å². The highest BCUT2D eigenvalue weighted by atomic mass is 32.2. The minimum absolute atomic E-state index is 0.0550. The lowest BCUT2D eigenvalue weighted by Gasteiger charge is -2.18. The average molecular weight is 205 g/mol. The Bertz CT molecular complexity index is 163. The number of methoxy groups -OCH3 is 1. The van der Waals surface area contributed by atoms with Crippen LogP contribution in [0.5, 0.6) is 0 Å². The van der Waals surface area contributed by atoms with E-state index in [9.17, 15) is 0 Å². The largest absolute Gasteiger partial charge is 0.484 e. The van der Waals surface area contributed by atoms with Crippen molar-refractivity contribution in [2.45, 2.75) is 33.3 Å². The lowest BCUT2D eigenvalue weighted by molar-refractivity contribution is 0.00695. The summed E-state index contributed by atoms with van der Waals surface area (Å²) in [7, 11) is 1.62. The monoisotopic (exact) mass is 205 g/mol. The molecule has 0 saturated carbocycles. The van der Waals surface area contributed by atoms with Crippen LogP contribution in [0.4, 0.5) is 0 Å². The molecule has 0 aromatic carbocycles. The van der Waals surface area contributed by atoms with Gasteiger partial charge in [0.2, 0.25) is 0 Å². The molecule has 0 heterocycles. The van der Waals surface area contributed by atoms with Crippen molar-refractivity contribution in [3.8, 4) is 0 Å². The first kappa shape index (κ1) is 12.8. The van der Waals surface area contributed by atoms with Crippen molar-refractivity contribution in [2.24, 2.45) is 4.40 Å². The molecule has 0 bridgehead atoms. The van der Waals surface area contributed by atoms with Gasteiger partial charge in [-0.1, -0.05) is 0 Å². The van der Waals surface area contributed by atoms with Crippen molar-refractivity contribution >= 4 is 17.8 Å². The minimum atomic E-state index is -0.0550. The molecule has 0 atom stereocenters. The first-order chi connectivity index (χ1) is 5.95. The van der Waals surface area contributed by atoms with Crippen LogP contribution in [0.1, 0.15) is 27.7 Å². The predicted octanol–water partition coefficient (Wildman–Crippen LogP) is 2.51. The second kappa shape index (κ2) is 6.27. The SMILES string of the molecule is COC(C)=NSCCOC(C)(C)C. The third-order valence-electron chi connectivity index (χ3n) is 1.20. The number of hydrogen-bond acceptors (Lipinski definition) is 4. The van der Waals surface area contributed by atoms with Crippen molar-refractivity contribution in [1.29, 1.82) is 0 Å². The highest BCUT2D eigenvalue weighted by Gasteiger charge is 2.08. The molecule has 13 heavy (non-hydrogen) atoms. The summed E-state index contributed by atoms with van der Waals surface area (Å²) in [5.74, 6) is 1.55. The van der Waals surface area contributed by atoms with Gasteiger partial charge in [0.15, 0.2) is 5.90 Å². The molecule has 0 amide bonds. The third kappa shape index (κ3) is 9.70. The molecule has 0 saturated heterocycles. The van der Waals surface area contributed by atoms with Gasteiger partial charge >= 0.3 is 0 Å². The first-order valence-electron chi connectivity index (χ1n) is 4.30. The predicted molar refractivity (Wildman–Crippen MR) is 58.3 cm³/mol. The fraction of sp³-hybridized carbons (Fsp3) is 0.889. The summed E-state index contributed by atoms with van der Waals surface area (Å²) in [6, 6.07) is 0. The summed E-state index contributed by atoms with van der Waals surface area (Å²) in [6.45, 7) is 8.68. The van der Waals surface area contributed by atoms with E-state index in [0.29, 0.717) is 12.5 Å². The van der Waals surface area contributed by atoms with E-state index in [-0.39, 0.29) is 5.60 Å². The number of hydrogen-bond donors (Lipinski definition) is 0. The van der Waals surface area contributed by atoms with E-state index in [0.717, 1.165) is 5.75 Å². The van der Waals surface area contributed by atoms with Crippen molar-refractivity contribution in [2.75, 3.05) is 19.5 Å². The minimum Gasteiger partial charge on any atom is -0.484 e. The average Bonchev–Trinajstić information content (AvgIpc) is 2.01. The molecule has 0 radical (unpaired) electrons. The smallest absolute Gasteiger partial charge is 0.191 e. The second-order valence-electron chi connectivity index (χ2n) is 3.61. The number of ether oxygens (including phenoxy) is 2. The summed E-state index contributed by atoms with van der Waals surface area (Å²) >= 11 is 1.46. The van der Waals surface area contributed by atoms with Crippen LogP contribution in [-0.2, 0) is 9.47 Å². The van der Waals surface area contributed by atoms with Crippen LogP contribution in [0.3, 0.4) is 0 Å². The molecule has 0 fully saturated rings. The summed E-state index contributed by atoms with van der Waals surface area (Å²) in [5, 5.41) is 0. The van der Waals surface area contributed by atoms with Gasteiger partial charge in [0, 0.05) is 12.7 Å². The van der Waals surface area contributed by atoms with E-state index in [1.54, 1.807) is 7.11 Å². The fourth-order valence-electron chi connectivity index (χ4n) is 0.559. The molecule has 0 aliphatic carbocycles. The van der Waals surface area contributed by atoms with Gasteiger partial charge in [0.25, 0.3) is 0 Å². The molecule has 78 valence electrons. The zero-order valence-electron chi connectivity index (χ0n) is 9.09. The Hall–Kier alpha value is -0.220. The summed E-state index contributed by atoms with van der Waals surface area (Å²) in [5.41, 5.74) is -0.0550. The van der Waals surface area contributed by atoms with Gasteiger partial charge in [-0.2, -0.15) is 4.40 Å². The van der Waals surface area contributed by atoms with Gasteiger partial charge in [-0.05, 0) is 32.7 Å². The van der Waals surface area contributed by atoms with Gasteiger partial charge in [-0.15, -0.1) is 0 Å². The van der Waals surface area contributed by atoms with Gasteiger partial charge in [0.1, 0.15) is 0 Å². The van der Waals surface area contributed by atoms with E-state index in [4.69, 9.17) is 9.47 Å². The van der Waals surface area contributed by atoms with Gasteiger partial charge in [-0.3, -0.25) is 0 Å². The maximum absolute atomic E-state index is 5.51. The standard InChI is InChI=1S/C9H19NO2S/c1-8(11-5)10-13-7-6-12-9(2,3)4/h6-7H2,1-5H3. The van der Waals surface area contributed by atoms with Crippen LogP contribution < -0.4 is 0 Å². The molecule has 3 nitrogen and oxygen atoms in total. The van der Waals surface area contributed by atoms with Crippen LogP contribution in [0.15, 0.2) is 4.40 Å². The summed E-state index contributed by atoms with van der Waals surface area (Å²) in [6.07, 6.45) is 0. The normalized spacial score (nSPS) is 13.2. The molecular weight excluding hydrogens is 186 g/mol. The van der Waals surface area contributed by atoms with Crippen molar-refractivity contribution < 1.29 is 9.47 Å². The molecule has 0 aromatic heterocycles. The van der Waals surface area contributed by atoms with Crippen molar-refractivity contribution in [3.05, 3.63) is 0 Å². The molecule has 4 heteroatoms. The third-order valence-corrected chi connectivity index (χ3v) is 1.93. The lowest BCUT2D eigenvalue weighted by Crippen LogP contribution is -2.20. The van der Waals surface area contributed by atoms with Crippen molar-refractivity contribution in [1.82, 2.24) is 0 Å². The molecule has 0 unspecified atom stereocenters. The zero-order valence-corrected chi connectivity index (χ0v) is 9.90. The highest BCUT2D eigenvalue weighted by Crippen LogP contribution is 2.09. The van der Waals surface area contributed by atoms with Crippen LogP contribution in [0.25, 0.3) is 0 Å². The molecule has 0 aliphatic heterocycles. The first-order valence-corrected chi connectivity index (χ1v) is 5.24. The maximum Gasteiger partial charge on any atom is 0.191 e. The Morgan fingerprint density at radius 1 is 1.38 bits per heavy atom. The van der Waals surface area contributed by atoms with E-state index in [2.05, 4.69) is 4.40 Å². The highest BCUT2D eigenvalue weighted by molar-refractivity contribution is 7.98. The Kier molecular flexibility index (Phi) is 6.16. The Balaban J connectivity index is 3.37. The van der Waals surface area contributed by atoms with E-state index in [1.807, 2.05) is 27.7 Å². The summed E-state index contributed by atoms with van der Waals surface area (Å²) in [4.78, 5) is 0. The van der Waals surface area contributed by atoms with Crippen LogP contribution in [0.2, 0.25) is 0 Å². The number of nitrogens with zero attached hydrogens (tertiary/aromatic N) is 1. The second-order valence-corrected chi connectivity index (χ2v) is 4.46. The summed E-state index contributed by atoms with van der Waals surface area (Å²) < 4.78 is 14.5. The van der Waals surface area contributed by atoms with Crippen LogP contribution in [-0.4, -0.2) is 31.0 Å². The number of rotatable bonds is 4. The molecule has 0 aliphatic rings. The molecule has 0 aromatic rings. The Morgan fingerprint density at radius 2 is 2.00 bits per heavy atom. The molecule has 0 N–H and O–H groups in total. The topological polar surface area (TPSA) is 30.8 Å². The maximum atomic E-state index is 5.51. The van der Waals surface area contributed by atoms with E-state index in [1.165, 1.54) is 11.9 Å². The van der Waals surface area contributed by atoms with Gasteiger partial charge < -0.3 is 9.47 Å². The van der Waals surface area contributed by atoms with Gasteiger partial charge in [-0.25, -0.2) is 0 Å². The van der Waals surface area contributed by atoms with Crippen LogP contribution in [0, 0.1) is 0 Å².